The van der Waals surface area contributed by atoms with Gasteiger partial charge in [0.15, 0.2) is 0 Å². The highest BCUT2D eigenvalue weighted by Gasteiger charge is 2.17. The molecule has 0 radical (unpaired) electrons. The third-order valence-electron chi connectivity index (χ3n) is 4.14. The van der Waals surface area contributed by atoms with Crippen LogP contribution in [0.25, 0.3) is 39.0 Å². The standard InChI is InChI=1S/C17H12N2O/c1-3-7-13-10(5-1)12-9-18-17-15(16(12)19-13)11-6-2-4-8-14(11)20-17/h1-2,4-6,8-9,19H,3,7H2. The van der Waals surface area contributed by atoms with Gasteiger partial charge in [-0.15, -0.1) is 0 Å². The maximum atomic E-state index is 5.84. The highest BCUT2D eigenvalue weighted by Crippen LogP contribution is 2.36. The highest BCUT2D eigenvalue weighted by atomic mass is 16.3. The molecule has 3 heterocycles. The van der Waals surface area contributed by atoms with Crippen LogP contribution in [0, 0.1) is 0 Å². The molecule has 5 rings (SSSR count). The molecular weight excluding hydrogens is 248 g/mol. The fourth-order valence-electron chi connectivity index (χ4n) is 3.22. The molecule has 0 unspecified atom stereocenters. The minimum Gasteiger partial charge on any atom is -0.438 e. The Labute approximate surface area is 114 Å². The van der Waals surface area contributed by atoms with Crippen molar-refractivity contribution >= 4 is 39.0 Å². The first-order valence-corrected chi connectivity index (χ1v) is 6.89. The number of aromatic amines is 1. The molecule has 0 amide bonds. The van der Waals surface area contributed by atoms with E-state index in [1.54, 1.807) is 0 Å². The number of hydrogen-bond donors (Lipinski definition) is 1. The Morgan fingerprint density at radius 3 is 3.10 bits per heavy atom. The number of nitrogens with zero attached hydrogens (tertiary/aromatic N) is 1. The van der Waals surface area contributed by atoms with Crippen molar-refractivity contribution in [1.82, 2.24) is 9.97 Å². The monoisotopic (exact) mass is 260 g/mol. The van der Waals surface area contributed by atoms with Crippen LogP contribution in [0.3, 0.4) is 0 Å². The average Bonchev–Trinajstić information content (AvgIpc) is 3.04. The summed E-state index contributed by atoms with van der Waals surface area (Å²) in [5, 5.41) is 3.42. The Kier molecular flexibility index (Phi) is 1.80. The van der Waals surface area contributed by atoms with Crippen LogP contribution in [0.2, 0.25) is 0 Å². The molecular formula is C17H12N2O. The molecule has 0 spiro atoms. The molecule has 0 saturated heterocycles. The van der Waals surface area contributed by atoms with Crippen LogP contribution >= 0.6 is 0 Å². The molecule has 3 nitrogen and oxygen atoms in total. The predicted molar refractivity (Wildman–Crippen MR) is 80.7 cm³/mol. The summed E-state index contributed by atoms with van der Waals surface area (Å²) in [4.78, 5) is 8.09. The smallest absolute Gasteiger partial charge is 0.229 e. The molecule has 0 aliphatic heterocycles. The van der Waals surface area contributed by atoms with Crippen LogP contribution < -0.4 is 0 Å². The van der Waals surface area contributed by atoms with Gasteiger partial charge in [0, 0.05) is 28.2 Å². The van der Waals surface area contributed by atoms with E-state index in [0.717, 1.165) is 34.7 Å². The molecule has 96 valence electrons. The van der Waals surface area contributed by atoms with Crippen LogP contribution in [-0.4, -0.2) is 9.97 Å². The zero-order valence-electron chi connectivity index (χ0n) is 10.8. The molecule has 0 saturated carbocycles. The first-order chi connectivity index (χ1) is 9.92. The van der Waals surface area contributed by atoms with Crippen molar-refractivity contribution in [3.05, 3.63) is 47.8 Å². The van der Waals surface area contributed by atoms with E-state index < -0.39 is 0 Å². The van der Waals surface area contributed by atoms with E-state index in [1.807, 2.05) is 24.4 Å². The number of nitrogens with one attached hydrogen (secondary N) is 1. The summed E-state index contributed by atoms with van der Waals surface area (Å²) < 4.78 is 5.84. The number of aromatic nitrogens is 2. The number of fused-ring (bicyclic) bond motifs is 7. The van der Waals surface area contributed by atoms with E-state index in [-0.39, 0.29) is 0 Å². The van der Waals surface area contributed by atoms with Gasteiger partial charge >= 0.3 is 0 Å². The van der Waals surface area contributed by atoms with Gasteiger partial charge in [-0.25, -0.2) is 4.98 Å². The van der Waals surface area contributed by atoms with Gasteiger partial charge in [-0.3, -0.25) is 0 Å². The summed E-state index contributed by atoms with van der Waals surface area (Å²) in [6.45, 7) is 0. The van der Waals surface area contributed by atoms with Gasteiger partial charge < -0.3 is 9.40 Å². The normalized spacial score (nSPS) is 14.4. The average molecular weight is 260 g/mol. The number of para-hydroxylation sites is 1. The van der Waals surface area contributed by atoms with Crippen LogP contribution in [-0.2, 0) is 6.42 Å². The maximum Gasteiger partial charge on any atom is 0.229 e. The number of benzene rings is 1. The number of pyridine rings is 1. The summed E-state index contributed by atoms with van der Waals surface area (Å²) in [5.41, 5.74) is 5.34. The third-order valence-corrected chi connectivity index (χ3v) is 4.14. The van der Waals surface area contributed by atoms with Crippen molar-refractivity contribution in [2.24, 2.45) is 0 Å². The van der Waals surface area contributed by atoms with Crippen LogP contribution in [0.1, 0.15) is 17.7 Å². The molecule has 1 aliphatic carbocycles. The summed E-state index contributed by atoms with van der Waals surface area (Å²) in [7, 11) is 0. The number of rotatable bonds is 0. The molecule has 20 heavy (non-hydrogen) atoms. The van der Waals surface area contributed by atoms with Gasteiger partial charge in [0.1, 0.15) is 5.58 Å². The third kappa shape index (κ3) is 1.17. The zero-order valence-corrected chi connectivity index (χ0v) is 10.8. The van der Waals surface area contributed by atoms with Crippen molar-refractivity contribution in [2.45, 2.75) is 12.8 Å². The molecule has 1 aliphatic rings. The van der Waals surface area contributed by atoms with Crippen molar-refractivity contribution in [3.63, 3.8) is 0 Å². The molecule has 3 aromatic heterocycles. The fraction of sp³-hybridized carbons (Fsp3) is 0.118. The molecule has 1 N–H and O–H groups in total. The van der Waals surface area contributed by atoms with Gasteiger partial charge in [-0.2, -0.15) is 0 Å². The Morgan fingerprint density at radius 1 is 1.15 bits per heavy atom. The molecule has 4 aromatic rings. The molecule has 3 heteroatoms. The van der Waals surface area contributed by atoms with E-state index in [1.165, 1.54) is 16.6 Å². The van der Waals surface area contributed by atoms with Gasteiger partial charge in [0.05, 0.1) is 10.9 Å². The Morgan fingerprint density at radius 2 is 2.10 bits per heavy atom. The predicted octanol–water partition coefficient (Wildman–Crippen LogP) is 4.42. The summed E-state index contributed by atoms with van der Waals surface area (Å²) in [5.74, 6) is 0. The summed E-state index contributed by atoms with van der Waals surface area (Å²) >= 11 is 0. The number of hydrogen-bond acceptors (Lipinski definition) is 2. The lowest BCUT2D eigenvalue weighted by molar-refractivity contribution is 0.654. The maximum absolute atomic E-state index is 5.84. The second-order valence-electron chi connectivity index (χ2n) is 5.28. The lowest BCUT2D eigenvalue weighted by Gasteiger charge is -2.02. The Balaban J connectivity index is 2.05. The quantitative estimate of drug-likeness (QED) is 0.508. The van der Waals surface area contributed by atoms with Crippen molar-refractivity contribution < 1.29 is 4.42 Å². The topological polar surface area (TPSA) is 41.8 Å². The molecule has 1 aromatic carbocycles. The van der Waals surface area contributed by atoms with E-state index >= 15 is 0 Å². The van der Waals surface area contributed by atoms with E-state index in [2.05, 4.69) is 28.2 Å². The van der Waals surface area contributed by atoms with Crippen LogP contribution in [0.15, 0.2) is 41.0 Å². The highest BCUT2D eigenvalue weighted by molar-refractivity contribution is 6.17. The number of aryl methyl sites for hydroxylation is 1. The largest absolute Gasteiger partial charge is 0.438 e. The second kappa shape index (κ2) is 3.51. The molecule has 0 bridgehead atoms. The second-order valence-corrected chi connectivity index (χ2v) is 5.28. The van der Waals surface area contributed by atoms with Gasteiger partial charge in [0.25, 0.3) is 0 Å². The van der Waals surface area contributed by atoms with Crippen molar-refractivity contribution in [3.8, 4) is 0 Å². The van der Waals surface area contributed by atoms with Crippen molar-refractivity contribution in [2.75, 3.05) is 0 Å². The van der Waals surface area contributed by atoms with Crippen LogP contribution in [0.4, 0.5) is 0 Å². The van der Waals surface area contributed by atoms with Crippen molar-refractivity contribution in [1.29, 1.82) is 0 Å². The number of allylic oxidation sites excluding steroid dienone is 1. The lowest BCUT2D eigenvalue weighted by atomic mass is 10.0. The summed E-state index contributed by atoms with van der Waals surface area (Å²) in [6, 6.07) is 8.12. The molecule has 0 fully saturated rings. The Hall–Kier alpha value is -2.55. The lowest BCUT2D eigenvalue weighted by Crippen LogP contribution is -1.90. The van der Waals surface area contributed by atoms with E-state index in [9.17, 15) is 0 Å². The number of furan rings is 1. The fourth-order valence-corrected chi connectivity index (χ4v) is 3.22. The first kappa shape index (κ1) is 10.3. The van der Waals surface area contributed by atoms with Gasteiger partial charge in [-0.1, -0.05) is 30.4 Å². The van der Waals surface area contributed by atoms with Crippen LogP contribution in [0.5, 0.6) is 0 Å². The molecule has 0 atom stereocenters. The van der Waals surface area contributed by atoms with Gasteiger partial charge in [0.2, 0.25) is 5.71 Å². The van der Waals surface area contributed by atoms with E-state index in [0.29, 0.717) is 5.71 Å². The SMILES string of the molecule is C1=Cc2c([nH]c3c2cnc2oc4ccccc4c23)CC1. The zero-order chi connectivity index (χ0) is 13.1. The Bertz CT molecular complexity index is 1000. The minimum absolute atomic E-state index is 0.710. The minimum atomic E-state index is 0.710. The number of H-pyrrole nitrogens is 1. The van der Waals surface area contributed by atoms with Gasteiger partial charge in [-0.05, 0) is 18.9 Å². The van der Waals surface area contributed by atoms with E-state index in [4.69, 9.17) is 4.42 Å². The summed E-state index contributed by atoms with van der Waals surface area (Å²) in [6.07, 6.45) is 8.52. The first-order valence-electron chi connectivity index (χ1n) is 6.89.